The first-order valence-electron chi connectivity index (χ1n) is 4.35. The van der Waals surface area contributed by atoms with Crippen LogP contribution < -0.4 is 28.7 Å². The van der Waals surface area contributed by atoms with E-state index in [1.54, 1.807) is 6.92 Å². The summed E-state index contributed by atoms with van der Waals surface area (Å²) in [5, 5.41) is 0.636. The van der Waals surface area contributed by atoms with Gasteiger partial charge >= 0.3 is 0 Å². The van der Waals surface area contributed by atoms with Gasteiger partial charge in [0.1, 0.15) is 5.69 Å². The summed E-state index contributed by atoms with van der Waals surface area (Å²) >= 11 is 0. The Hall–Kier alpha value is -2.24. The summed E-state index contributed by atoms with van der Waals surface area (Å²) in [6.07, 6.45) is 0. The van der Waals surface area contributed by atoms with Gasteiger partial charge in [-0.15, -0.1) is 0 Å². The maximum Gasteiger partial charge on any atom is 0.194 e. The number of rotatable bonds is 0. The minimum absolute atomic E-state index is 0.230. The average molecular weight is 207 g/mol. The SMILES string of the molecule is Cc1c(N)oc2c(N)c(N)c(N)c(N)c12. The Bertz CT molecular complexity index is 558. The van der Waals surface area contributed by atoms with Crippen LogP contribution in [0.25, 0.3) is 11.0 Å². The third-order valence-corrected chi connectivity index (χ3v) is 2.57. The van der Waals surface area contributed by atoms with E-state index in [2.05, 4.69) is 0 Å². The van der Waals surface area contributed by atoms with Gasteiger partial charge in [-0.1, -0.05) is 0 Å². The highest BCUT2D eigenvalue weighted by atomic mass is 16.3. The monoisotopic (exact) mass is 207 g/mol. The normalized spacial score (nSPS) is 11.0. The first-order valence-corrected chi connectivity index (χ1v) is 4.35. The molecule has 0 saturated heterocycles. The molecule has 0 aliphatic heterocycles. The number of furan rings is 1. The molecule has 10 N–H and O–H groups in total. The van der Waals surface area contributed by atoms with Gasteiger partial charge in [0, 0.05) is 5.56 Å². The van der Waals surface area contributed by atoms with Gasteiger partial charge in [-0.3, -0.25) is 0 Å². The molecule has 2 aromatic rings. The number of anilines is 5. The molecule has 0 fully saturated rings. The lowest BCUT2D eigenvalue weighted by Crippen LogP contribution is -2.04. The van der Waals surface area contributed by atoms with E-state index in [1.165, 1.54) is 0 Å². The molecule has 0 bridgehead atoms. The molecular weight excluding hydrogens is 194 g/mol. The molecule has 0 unspecified atom stereocenters. The Morgan fingerprint density at radius 2 is 1.33 bits per heavy atom. The molecular formula is C9H13N5O. The van der Waals surface area contributed by atoms with Crippen molar-refractivity contribution in [1.82, 2.24) is 0 Å². The first kappa shape index (κ1) is 9.32. The Morgan fingerprint density at radius 1 is 0.800 bits per heavy atom. The van der Waals surface area contributed by atoms with Crippen molar-refractivity contribution in [2.24, 2.45) is 0 Å². The van der Waals surface area contributed by atoms with Crippen LogP contribution in [0.4, 0.5) is 28.6 Å². The van der Waals surface area contributed by atoms with Gasteiger partial charge in [0.15, 0.2) is 11.5 Å². The van der Waals surface area contributed by atoms with Crippen molar-refractivity contribution >= 4 is 39.6 Å². The van der Waals surface area contributed by atoms with Crippen LogP contribution in [0, 0.1) is 6.92 Å². The van der Waals surface area contributed by atoms with Crippen LogP contribution in [0.2, 0.25) is 0 Å². The predicted octanol–water partition coefficient (Wildman–Crippen LogP) is 0.652. The summed E-state index contributed by atoms with van der Waals surface area (Å²) in [5.74, 6) is 0.272. The van der Waals surface area contributed by atoms with Gasteiger partial charge in [-0.05, 0) is 6.92 Å². The fourth-order valence-electron chi connectivity index (χ4n) is 1.59. The molecule has 15 heavy (non-hydrogen) atoms. The highest BCUT2D eigenvalue weighted by Gasteiger charge is 2.18. The van der Waals surface area contributed by atoms with E-state index in [-0.39, 0.29) is 22.9 Å². The topological polar surface area (TPSA) is 143 Å². The van der Waals surface area contributed by atoms with Crippen molar-refractivity contribution in [3.8, 4) is 0 Å². The van der Waals surface area contributed by atoms with Crippen LogP contribution in [0.1, 0.15) is 5.56 Å². The van der Waals surface area contributed by atoms with Crippen molar-refractivity contribution < 1.29 is 4.42 Å². The summed E-state index contributed by atoms with van der Waals surface area (Å²) in [6, 6.07) is 0. The van der Waals surface area contributed by atoms with Gasteiger partial charge in [0.2, 0.25) is 0 Å². The standard InChI is InChI=1S/C9H13N5O/c1-2-3-4(10)5(11)6(12)7(13)8(3)15-9(2)14/h10-14H2,1H3. The van der Waals surface area contributed by atoms with Crippen molar-refractivity contribution in [3.05, 3.63) is 5.56 Å². The van der Waals surface area contributed by atoms with E-state index in [0.717, 1.165) is 5.56 Å². The fourth-order valence-corrected chi connectivity index (χ4v) is 1.59. The van der Waals surface area contributed by atoms with E-state index < -0.39 is 0 Å². The van der Waals surface area contributed by atoms with Crippen LogP contribution in [0.5, 0.6) is 0 Å². The zero-order valence-electron chi connectivity index (χ0n) is 8.29. The molecule has 80 valence electrons. The molecule has 0 spiro atoms. The van der Waals surface area contributed by atoms with Crippen molar-refractivity contribution in [2.45, 2.75) is 6.92 Å². The number of nitrogens with two attached hydrogens (primary N) is 5. The Morgan fingerprint density at radius 3 is 1.93 bits per heavy atom. The van der Waals surface area contributed by atoms with Crippen molar-refractivity contribution in [1.29, 1.82) is 0 Å². The van der Waals surface area contributed by atoms with Gasteiger partial charge in [0.05, 0.1) is 22.4 Å². The lowest BCUT2D eigenvalue weighted by Gasteiger charge is -2.08. The van der Waals surface area contributed by atoms with Crippen LogP contribution in [0.15, 0.2) is 4.42 Å². The smallest absolute Gasteiger partial charge is 0.194 e. The van der Waals surface area contributed by atoms with Crippen molar-refractivity contribution in [3.63, 3.8) is 0 Å². The summed E-state index contributed by atoms with van der Waals surface area (Å²) in [6.45, 7) is 1.78. The second kappa shape index (κ2) is 2.63. The molecule has 1 heterocycles. The van der Waals surface area contributed by atoms with E-state index in [1.807, 2.05) is 0 Å². The van der Waals surface area contributed by atoms with Gasteiger partial charge in [-0.2, -0.15) is 0 Å². The number of hydrogen-bond donors (Lipinski definition) is 5. The quantitative estimate of drug-likeness (QED) is 0.401. The van der Waals surface area contributed by atoms with E-state index >= 15 is 0 Å². The van der Waals surface area contributed by atoms with Crippen LogP contribution in [-0.2, 0) is 0 Å². The number of nitrogen functional groups attached to an aromatic ring is 5. The molecule has 0 radical (unpaired) electrons. The molecule has 0 saturated carbocycles. The second-order valence-electron chi connectivity index (χ2n) is 3.45. The summed E-state index contributed by atoms with van der Waals surface area (Å²) < 4.78 is 5.28. The molecule has 6 nitrogen and oxygen atoms in total. The van der Waals surface area contributed by atoms with E-state index in [4.69, 9.17) is 33.1 Å². The van der Waals surface area contributed by atoms with Gasteiger partial charge < -0.3 is 33.1 Å². The first-order chi connectivity index (χ1) is 6.95. The van der Waals surface area contributed by atoms with Crippen LogP contribution in [-0.4, -0.2) is 0 Å². The molecule has 1 aromatic heterocycles. The largest absolute Gasteiger partial charge is 0.438 e. The van der Waals surface area contributed by atoms with Gasteiger partial charge in [0.25, 0.3) is 0 Å². The molecule has 0 amide bonds. The number of fused-ring (bicyclic) bond motifs is 1. The Kier molecular flexibility index (Phi) is 1.63. The molecule has 1 aromatic carbocycles. The van der Waals surface area contributed by atoms with E-state index in [0.29, 0.717) is 16.7 Å². The minimum Gasteiger partial charge on any atom is -0.438 e. The third kappa shape index (κ3) is 0.983. The predicted molar refractivity (Wildman–Crippen MR) is 63.0 cm³/mol. The lowest BCUT2D eigenvalue weighted by atomic mass is 10.1. The summed E-state index contributed by atoms with van der Waals surface area (Å²) in [5.41, 5.74) is 30.9. The maximum absolute atomic E-state index is 5.83. The van der Waals surface area contributed by atoms with Crippen molar-refractivity contribution in [2.75, 3.05) is 28.7 Å². The molecule has 0 atom stereocenters. The van der Waals surface area contributed by atoms with Crippen LogP contribution in [0.3, 0.4) is 0 Å². The second-order valence-corrected chi connectivity index (χ2v) is 3.45. The van der Waals surface area contributed by atoms with Crippen LogP contribution >= 0.6 is 0 Å². The molecule has 6 heteroatoms. The summed E-state index contributed by atoms with van der Waals surface area (Å²) in [4.78, 5) is 0. The average Bonchev–Trinajstić information content (AvgIpc) is 2.50. The summed E-state index contributed by atoms with van der Waals surface area (Å²) in [7, 11) is 0. The zero-order valence-corrected chi connectivity index (χ0v) is 8.29. The highest BCUT2D eigenvalue weighted by molar-refractivity contribution is 6.11. The highest BCUT2D eigenvalue weighted by Crippen LogP contribution is 2.42. The Labute approximate surface area is 86.0 Å². The number of benzene rings is 1. The van der Waals surface area contributed by atoms with Gasteiger partial charge in [-0.25, -0.2) is 0 Å². The molecule has 2 rings (SSSR count). The molecule has 0 aliphatic carbocycles. The molecule has 0 aliphatic rings. The zero-order chi connectivity index (χ0) is 11.3. The van der Waals surface area contributed by atoms with E-state index in [9.17, 15) is 0 Å². The minimum atomic E-state index is 0.230. The number of aryl methyl sites for hydroxylation is 1. The lowest BCUT2D eigenvalue weighted by molar-refractivity contribution is 0.636. The Balaban J connectivity index is 3.07. The number of hydrogen-bond acceptors (Lipinski definition) is 6. The maximum atomic E-state index is 5.83. The third-order valence-electron chi connectivity index (χ3n) is 2.57. The fraction of sp³-hybridized carbons (Fsp3) is 0.111.